The summed E-state index contributed by atoms with van der Waals surface area (Å²) in [4.78, 5) is 16.9. The predicted octanol–water partition coefficient (Wildman–Crippen LogP) is 2.63. The number of likely N-dealkylation sites (N-methyl/N-ethyl adjacent to an activating group) is 1. The van der Waals surface area contributed by atoms with E-state index in [4.69, 9.17) is 0 Å². The molecule has 1 aromatic heterocycles. The molecule has 4 rings (SSSR count). The van der Waals surface area contributed by atoms with E-state index in [1.165, 1.54) is 11.3 Å². The molecule has 2 aliphatic heterocycles. The summed E-state index contributed by atoms with van der Waals surface area (Å²) in [7, 11) is 0.375. The van der Waals surface area contributed by atoms with Crippen LogP contribution < -0.4 is 0 Å². The Morgan fingerprint density at radius 3 is 2.57 bits per heavy atom. The number of thiophene rings is 1. The summed E-state index contributed by atoms with van der Waals surface area (Å²) in [6.45, 7) is 2.29. The van der Waals surface area contributed by atoms with Gasteiger partial charge >= 0.3 is 0 Å². The second kappa shape index (κ2) is 8.42. The summed E-state index contributed by atoms with van der Waals surface area (Å²) in [5, 5.41) is 1.80. The number of fused-ring (bicyclic) bond motifs is 1. The molecule has 0 aliphatic carbocycles. The standard InChI is InChI=1S/C22H29N3O3S2/c1-23(2)14-15-24-17-19-22(11-10-20(24)26,18-7-4-3-5-8-18)12-13-25(19)30(27,28)21-9-6-16-29-21/h3-9,16,19H,10-15,17H2,1-2H3/t19-,22+/m1/s1. The maximum atomic E-state index is 13.5. The van der Waals surface area contributed by atoms with Gasteiger partial charge in [0.2, 0.25) is 5.91 Å². The molecule has 6 nitrogen and oxygen atoms in total. The number of rotatable bonds is 6. The van der Waals surface area contributed by atoms with Crippen molar-refractivity contribution >= 4 is 27.3 Å². The molecule has 0 saturated carbocycles. The third-order valence-electron chi connectivity index (χ3n) is 6.52. The Morgan fingerprint density at radius 1 is 1.13 bits per heavy atom. The molecule has 0 N–H and O–H groups in total. The summed E-state index contributed by atoms with van der Waals surface area (Å²) < 4.78 is 29.1. The summed E-state index contributed by atoms with van der Waals surface area (Å²) in [5.41, 5.74) is 0.801. The number of amides is 1. The van der Waals surface area contributed by atoms with Crippen molar-refractivity contribution in [3.8, 4) is 0 Å². The van der Waals surface area contributed by atoms with Crippen LogP contribution in [0.3, 0.4) is 0 Å². The van der Waals surface area contributed by atoms with Gasteiger partial charge in [-0.3, -0.25) is 4.79 Å². The maximum absolute atomic E-state index is 13.5. The highest BCUT2D eigenvalue weighted by molar-refractivity contribution is 7.91. The van der Waals surface area contributed by atoms with Crippen molar-refractivity contribution in [3.05, 3.63) is 53.4 Å². The van der Waals surface area contributed by atoms with Gasteiger partial charge in [0.1, 0.15) is 4.21 Å². The van der Waals surface area contributed by atoms with Gasteiger partial charge in [-0.05, 0) is 43.9 Å². The van der Waals surface area contributed by atoms with Crippen LogP contribution in [0.4, 0.5) is 0 Å². The first-order valence-electron chi connectivity index (χ1n) is 10.4. The first-order chi connectivity index (χ1) is 14.3. The Labute approximate surface area is 183 Å². The zero-order valence-electron chi connectivity index (χ0n) is 17.5. The minimum atomic E-state index is -3.60. The lowest BCUT2D eigenvalue weighted by Crippen LogP contribution is -2.51. The van der Waals surface area contributed by atoms with E-state index in [0.717, 1.165) is 18.5 Å². The zero-order valence-corrected chi connectivity index (χ0v) is 19.2. The normalized spacial score (nSPS) is 25.5. The van der Waals surface area contributed by atoms with Crippen molar-refractivity contribution < 1.29 is 13.2 Å². The molecule has 2 atom stereocenters. The maximum Gasteiger partial charge on any atom is 0.252 e. The summed E-state index contributed by atoms with van der Waals surface area (Å²) in [5.74, 6) is 0.120. The van der Waals surface area contributed by atoms with Crippen molar-refractivity contribution in [2.24, 2.45) is 0 Å². The Hall–Kier alpha value is -1.74. The lowest BCUT2D eigenvalue weighted by atomic mass is 9.71. The van der Waals surface area contributed by atoms with Crippen LogP contribution in [-0.4, -0.2) is 74.7 Å². The largest absolute Gasteiger partial charge is 0.340 e. The van der Waals surface area contributed by atoms with Crippen LogP contribution in [0.25, 0.3) is 0 Å². The Balaban J connectivity index is 1.76. The molecule has 0 spiro atoms. The smallest absolute Gasteiger partial charge is 0.252 e. The zero-order chi connectivity index (χ0) is 21.4. The SMILES string of the molecule is CN(C)CCN1C[C@H]2N(S(=O)(=O)c3cccs3)CC[C@]2(c2ccccc2)CCC1=O. The van der Waals surface area contributed by atoms with Crippen LogP contribution in [0.2, 0.25) is 0 Å². The second-order valence-electron chi connectivity index (χ2n) is 8.48. The molecule has 2 aromatic rings. The molecule has 1 aromatic carbocycles. The lowest BCUT2D eigenvalue weighted by molar-refractivity contribution is -0.131. The fourth-order valence-corrected chi connectivity index (χ4v) is 7.67. The van der Waals surface area contributed by atoms with Gasteiger partial charge in [0.15, 0.2) is 0 Å². The number of hydrogen-bond acceptors (Lipinski definition) is 5. The van der Waals surface area contributed by atoms with Crippen LogP contribution in [0.15, 0.2) is 52.1 Å². The first kappa shape index (κ1) is 21.5. The van der Waals surface area contributed by atoms with Gasteiger partial charge in [0.05, 0.1) is 6.04 Å². The molecule has 2 saturated heterocycles. The van der Waals surface area contributed by atoms with Gasteiger partial charge in [-0.1, -0.05) is 36.4 Å². The summed E-state index contributed by atoms with van der Waals surface area (Å²) >= 11 is 1.25. The lowest BCUT2D eigenvalue weighted by Gasteiger charge is -2.38. The minimum absolute atomic E-state index is 0.120. The van der Waals surface area contributed by atoms with Crippen molar-refractivity contribution in [3.63, 3.8) is 0 Å². The van der Waals surface area contributed by atoms with Crippen LogP contribution in [0, 0.1) is 0 Å². The quantitative estimate of drug-likeness (QED) is 0.683. The highest BCUT2D eigenvalue weighted by Gasteiger charge is 2.54. The van der Waals surface area contributed by atoms with E-state index in [0.29, 0.717) is 36.7 Å². The van der Waals surface area contributed by atoms with E-state index >= 15 is 0 Å². The number of carbonyl (C=O) groups excluding carboxylic acids is 1. The van der Waals surface area contributed by atoms with Crippen molar-refractivity contribution in [1.82, 2.24) is 14.1 Å². The number of likely N-dealkylation sites (tertiary alicyclic amines) is 1. The number of benzene rings is 1. The highest BCUT2D eigenvalue weighted by Crippen LogP contribution is 2.47. The average Bonchev–Trinajstić information content (AvgIpc) is 3.37. The molecule has 162 valence electrons. The van der Waals surface area contributed by atoms with Crippen LogP contribution in [-0.2, 0) is 20.2 Å². The molecule has 2 aliphatic rings. The number of hydrogen-bond donors (Lipinski definition) is 0. The van der Waals surface area contributed by atoms with Crippen molar-refractivity contribution in [2.45, 2.75) is 34.9 Å². The molecule has 3 heterocycles. The Kier molecular flexibility index (Phi) is 6.03. The molecule has 8 heteroatoms. The van der Waals surface area contributed by atoms with Gasteiger partial charge in [-0.15, -0.1) is 11.3 Å². The van der Waals surface area contributed by atoms with E-state index < -0.39 is 10.0 Å². The van der Waals surface area contributed by atoms with Crippen LogP contribution in [0.1, 0.15) is 24.8 Å². The Bertz CT molecular complexity index is 976. The molecule has 0 bridgehead atoms. The molecule has 1 amide bonds. The van der Waals surface area contributed by atoms with E-state index in [-0.39, 0.29) is 17.4 Å². The van der Waals surface area contributed by atoms with E-state index in [1.54, 1.807) is 21.8 Å². The number of carbonyl (C=O) groups is 1. The third-order valence-corrected chi connectivity index (χ3v) is 9.80. The number of nitrogens with zero attached hydrogens (tertiary/aromatic N) is 3. The summed E-state index contributed by atoms with van der Waals surface area (Å²) in [6, 6.07) is 13.4. The van der Waals surface area contributed by atoms with Crippen molar-refractivity contribution in [1.29, 1.82) is 0 Å². The van der Waals surface area contributed by atoms with Crippen LogP contribution >= 0.6 is 11.3 Å². The van der Waals surface area contributed by atoms with E-state index in [1.807, 2.05) is 37.2 Å². The second-order valence-corrected chi connectivity index (χ2v) is 11.5. The molecular formula is C22H29N3O3S2. The molecular weight excluding hydrogens is 418 g/mol. The monoisotopic (exact) mass is 447 g/mol. The molecule has 2 fully saturated rings. The van der Waals surface area contributed by atoms with Gasteiger partial charge in [0, 0.05) is 38.0 Å². The number of sulfonamides is 1. The molecule has 30 heavy (non-hydrogen) atoms. The fraction of sp³-hybridized carbons (Fsp3) is 0.500. The minimum Gasteiger partial charge on any atom is -0.340 e. The third kappa shape index (κ3) is 3.82. The molecule has 0 unspecified atom stereocenters. The van der Waals surface area contributed by atoms with Gasteiger partial charge < -0.3 is 9.80 Å². The van der Waals surface area contributed by atoms with Crippen LogP contribution in [0.5, 0.6) is 0 Å². The highest BCUT2D eigenvalue weighted by atomic mass is 32.2. The summed E-state index contributed by atoms with van der Waals surface area (Å²) in [6.07, 6.45) is 1.86. The van der Waals surface area contributed by atoms with Gasteiger partial charge in [0.25, 0.3) is 10.0 Å². The van der Waals surface area contributed by atoms with E-state index in [2.05, 4.69) is 17.0 Å². The molecule has 0 radical (unpaired) electrons. The fourth-order valence-electron chi connectivity index (χ4n) is 4.87. The predicted molar refractivity (Wildman–Crippen MR) is 119 cm³/mol. The Morgan fingerprint density at radius 2 is 1.90 bits per heavy atom. The topological polar surface area (TPSA) is 60.9 Å². The van der Waals surface area contributed by atoms with Gasteiger partial charge in [-0.25, -0.2) is 8.42 Å². The average molecular weight is 448 g/mol. The first-order valence-corrected chi connectivity index (χ1v) is 12.7. The van der Waals surface area contributed by atoms with Crippen molar-refractivity contribution in [2.75, 3.05) is 40.3 Å². The van der Waals surface area contributed by atoms with E-state index in [9.17, 15) is 13.2 Å². The van der Waals surface area contributed by atoms with Gasteiger partial charge in [-0.2, -0.15) is 4.31 Å².